The second-order valence-electron chi connectivity index (χ2n) is 9.70. The van der Waals surface area contributed by atoms with Crippen LogP contribution in [0.25, 0.3) is 54.6 Å². The minimum atomic E-state index is 0.137. The van der Waals surface area contributed by atoms with Crippen molar-refractivity contribution in [2.75, 3.05) is 0 Å². The van der Waals surface area contributed by atoms with Gasteiger partial charge in [-0.3, -0.25) is 0 Å². The second kappa shape index (κ2) is 9.41. The molecule has 6 rings (SSSR count). The number of hydrogen-bond acceptors (Lipinski definition) is 0. The zero-order valence-corrected chi connectivity index (χ0v) is 21.0. The van der Waals surface area contributed by atoms with Gasteiger partial charge in [0.05, 0.1) is 0 Å². The van der Waals surface area contributed by atoms with Crippen LogP contribution in [0.4, 0.5) is 0 Å². The molecule has 39 heavy (non-hydrogen) atoms. The van der Waals surface area contributed by atoms with E-state index in [2.05, 4.69) is 24.3 Å². The summed E-state index contributed by atoms with van der Waals surface area (Å²) >= 11 is 0. The van der Waals surface area contributed by atoms with Gasteiger partial charge in [0.2, 0.25) is 0 Å². The highest BCUT2D eigenvalue weighted by Crippen LogP contribution is 2.34. The molecule has 0 saturated heterocycles. The molecule has 0 saturated carbocycles. The lowest BCUT2D eigenvalue weighted by Gasteiger charge is -2.27. The summed E-state index contributed by atoms with van der Waals surface area (Å²) in [5.41, 5.74) is 5.21. The average Bonchev–Trinajstić information content (AvgIpc) is 2.96. The fraction of sp³-hybridized carbons (Fsp3) is 0. The molecule has 0 unspecified atom stereocenters. The number of benzene rings is 6. The summed E-state index contributed by atoms with van der Waals surface area (Å²) in [7, 11) is 57.8. The molecule has 0 aromatic heterocycles. The Morgan fingerprint density at radius 3 is 1.31 bits per heavy atom. The smallest absolute Gasteiger partial charge is 0.110 e. The summed E-state index contributed by atoms with van der Waals surface area (Å²) in [5.74, 6) is 0. The van der Waals surface area contributed by atoms with Crippen LogP contribution in [0, 0.1) is 0 Å². The zero-order valence-electron chi connectivity index (χ0n) is 21.0. The van der Waals surface area contributed by atoms with E-state index in [-0.39, 0.29) is 49.2 Å². The van der Waals surface area contributed by atoms with Gasteiger partial charge in [0.15, 0.2) is 0 Å². The molecule has 0 aliphatic heterocycles. The monoisotopic (exact) mass is 470 g/mol. The first kappa shape index (κ1) is 25.9. The van der Waals surface area contributed by atoms with Crippen LogP contribution in [-0.4, -0.2) is 70.6 Å². The fourth-order valence-corrected chi connectivity index (χ4v) is 5.57. The Bertz CT molecular complexity index is 1910. The van der Waals surface area contributed by atoms with Crippen molar-refractivity contribution in [1.29, 1.82) is 0 Å². The molecule has 158 valence electrons. The minimum absolute atomic E-state index is 0.137. The number of hydrogen-bond donors (Lipinski definition) is 0. The average molecular weight is 469 g/mol. The van der Waals surface area contributed by atoms with Crippen LogP contribution < -0.4 is 49.2 Å². The lowest BCUT2D eigenvalue weighted by molar-refractivity contribution is 1.64. The lowest BCUT2D eigenvalue weighted by atomic mass is 9.58. The van der Waals surface area contributed by atoms with E-state index in [9.17, 15) is 0 Å². The van der Waals surface area contributed by atoms with Crippen molar-refractivity contribution in [3.8, 4) is 22.3 Å². The summed E-state index contributed by atoms with van der Waals surface area (Å²) in [6, 6.07) is 22.5. The third-order valence-corrected chi connectivity index (χ3v) is 7.63. The third kappa shape index (κ3) is 3.73. The van der Waals surface area contributed by atoms with E-state index < -0.39 is 0 Å². The molecule has 0 atom stereocenters. The topological polar surface area (TPSA) is 0 Å². The predicted octanol–water partition coefficient (Wildman–Crippen LogP) is -2.38. The molecular weight excluding hydrogens is 458 g/mol. The summed E-state index contributed by atoms with van der Waals surface area (Å²) in [5, 5.41) is 4.18. The Balaban J connectivity index is 1.75. The van der Waals surface area contributed by atoms with Crippen molar-refractivity contribution in [2.24, 2.45) is 0 Å². The Morgan fingerprint density at radius 1 is 0.333 bits per heavy atom. The van der Waals surface area contributed by atoms with E-state index in [1.807, 2.05) is 42.5 Å². The van der Waals surface area contributed by atoms with Crippen molar-refractivity contribution in [2.45, 2.75) is 0 Å². The summed E-state index contributed by atoms with van der Waals surface area (Å²) < 4.78 is 0. The standard InChI is InChI=1S/C30H11B9/c31-22-20-18(23(32)27(36)29(38)25(20)34)17(19-21(22)26(35)30(39)28(37)24(19)33)14-10-8-13(9-11-14)16-7-3-5-12-4-1-2-6-15(12)16/h1-11H. The van der Waals surface area contributed by atoms with E-state index in [0.717, 1.165) is 27.5 Å². The highest BCUT2D eigenvalue weighted by molar-refractivity contribution is 6.73. The van der Waals surface area contributed by atoms with Gasteiger partial charge < -0.3 is 0 Å². The first-order valence-electron chi connectivity index (χ1n) is 12.2. The second-order valence-corrected chi connectivity index (χ2v) is 9.70. The van der Waals surface area contributed by atoms with Gasteiger partial charge in [-0.25, -0.2) is 0 Å². The van der Waals surface area contributed by atoms with Gasteiger partial charge in [0.25, 0.3) is 0 Å². The molecule has 0 heterocycles. The van der Waals surface area contributed by atoms with Crippen molar-refractivity contribution in [1.82, 2.24) is 0 Å². The van der Waals surface area contributed by atoms with Crippen LogP contribution in [0.3, 0.4) is 0 Å². The van der Waals surface area contributed by atoms with E-state index in [1.165, 1.54) is 0 Å². The Hall–Kier alpha value is -3.32. The van der Waals surface area contributed by atoms with E-state index >= 15 is 0 Å². The maximum Gasteiger partial charge on any atom is 0.115 e. The molecule has 6 aromatic carbocycles. The molecule has 0 fully saturated rings. The molecule has 18 radical (unpaired) electrons. The van der Waals surface area contributed by atoms with Crippen molar-refractivity contribution in [3.63, 3.8) is 0 Å². The minimum Gasteiger partial charge on any atom is -0.110 e. The molecule has 0 aliphatic rings. The molecule has 0 amide bonds. The molecule has 0 N–H and O–H groups in total. The van der Waals surface area contributed by atoms with Crippen LogP contribution >= 0.6 is 0 Å². The van der Waals surface area contributed by atoms with Crippen LogP contribution in [0.1, 0.15) is 0 Å². The van der Waals surface area contributed by atoms with Crippen molar-refractivity contribution in [3.05, 3.63) is 66.7 Å². The quantitative estimate of drug-likeness (QED) is 0.197. The van der Waals surface area contributed by atoms with Gasteiger partial charge in [0.1, 0.15) is 70.6 Å². The number of fused-ring (bicyclic) bond motifs is 3. The lowest BCUT2D eigenvalue weighted by Crippen LogP contribution is -2.51. The number of rotatable bonds is 2. The van der Waals surface area contributed by atoms with Crippen LogP contribution in [0.15, 0.2) is 66.7 Å². The normalized spacial score (nSPS) is 11.5. The van der Waals surface area contributed by atoms with Crippen LogP contribution in [0.5, 0.6) is 0 Å². The SMILES string of the molecule is [B]c1c([B])c([B])c2c(-c3ccc(-c4cccc5ccccc45)cc3)c3c([B])c([B])c([B])c([B])c3c([B])c2c1[B]. The van der Waals surface area contributed by atoms with Gasteiger partial charge in [-0.1, -0.05) is 94.0 Å². The summed E-state index contributed by atoms with van der Waals surface area (Å²) in [6.45, 7) is 0. The van der Waals surface area contributed by atoms with Gasteiger partial charge in [-0.05, 0) is 54.6 Å². The molecule has 0 bridgehead atoms. The highest BCUT2D eigenvalue weighted by Gasteiger charge is 2.21. The predicted molar refractivity (Wildman–Crippen MR) is 178 cm³/mol. The van der Waals surface area contributed by atoms with Gasteiger partial charge in [-0.15, -0.1) is 21.9 Å². The maximum atomic E-state index is 6.67. The first-order valence-corrected chi connectivity index (χ1v) is 12.2. The van der Waals surface area contributed by atoms with Crippen LogP contribution in [0.2, 0.25) is 0 Å². The van der Waals surface area contributed by atoms with Crippen molar-refractivity contribution < 1.29 is 0 Å². The Labute approximate surface area is 240 Å². The molecule has 0 nitrogen and oxygen atoms in total. The van der Waals surface area contributed by atoms with Gasteiger partial charge in [0, 0.05) is 0 Å². The van der Waals surface area contributed by atoms with E-state index in [1.54, 1.807) is 0 Å². The molecule has 0 spiro atoms. The Morgan fingerprint density at radius 2 is 0.769 bits per heavy atom. The molecular formula is C30H11B9. The maximum absolute atomic E-state index is 6.67. The van der Waals surface area contributed by atoms with Gasteiger partial charge in [-0.2, -0.15) is 0 Å². The largest absolute Gasteiger partial charge is 0.115 e. The van der Waals surface area contributed by atoms with Crippen LogP contribution in [-0.2, 0) is 0 Å². The molecule has 0 aliphatic carbocycles. The van der Waals surface area contributed by atoms with E-state index in [0.29, 0.717) is 27.1 Å². The van der Waals surface area contributed by atoms with Crippen molar-refractivity contribution >= 4 is 152 Å². The Kier molecular flexibility index (Phi) is 6.25. The fourth-order valence-electron chi connectivity index (χ4n) is 5.57. The third-order valence-electron chi connectivity index (χ3n) is 7.63. The van der Waals surface area contributed by atoms with E-state index in [4.69, 9.17) is 70.6 Å². The molecule has 9 heteroatoms. The summed E-state index contributed by atoms with van der Waals surface area (Å²) in [4.78, 5) is 0. The first-order chi connectivity index (χ1) is 18.6. The zero-order chi connectivity index (χ0) is 27.7. The summed E-state index contributed by atoms with van der Waals surface area (Å²) in [6.07, 6.45) is 0. The molecule has 6 aromatic rings. The van der Waals surface area contributed by atoms with Gasteiger partial charge >= 0.3 is 0 Å². The highest BCUT2D eigenvalue weighted by atomic mass is 14.2.